The normalized spacial score (nSPS) is 18.2. The summed E-state index contributed by atoms with van der Waals surface area (Å²) >= 11 is 0. The molecular weight excluding hydrogens is 497 g/mol. The second-order valence-corrected chi connectivity index (χ2v) is 12.4. The second-order valence-electron chi connectivity index (χ2n) is 10.6. The largest absolute Gasteiger partial charge is 0.360 e. The lowest BCUT2D eigenvalue weighted by molar-refractivity contribution is 0.190. The van der Waals surface area contributed by atoms with E-state index in [0.29, 0.717) is 5.82 Å². The molecule has 2 unspecified atom stereocenters. The zero-order valence-electron chi connectivity index (χ0n) is 22.0. The van der Waals surface area contributed by atoms with Gasteiger partial charge in [-0.2, -0.15) is 5.10 Å². The monoisotopic (exact) mass is 531 g/mol. The van der Waals surface area contributed by atoms with E-state index >= 15 is 0 Å². The van der Waals surface area contributed by atoms with Crippen LogP contribution in [0.15, 0.2) is 97.3 Å². The van der Waals surface area contributed by atoms with E-state index in [9.17, 15) is 14.4 Å². The van der Waals surface area contributed by atoms with Crippen LogP contribution in [0.4, 0.5) is 0 Å². The van der Waals surface area contributed by atoms with Crippen molar-refractivity contribution in [1.29, 1.82) is 0 Å². The van der Waals surface area contributed by atoms with E-state index in [-0.39, 0.29) is 11.8 Å². The number of rotatable bonds is 9. The summed E-state index contributed by atoms with van der Waals surface area (Å²) in [5.74, 6) is -0.198. The van der Waals surface area contributed by atoms with Gasteiger partial charge in [0.2, 0.25) is 0 Å². The summed E-state index contributed by atoms with van der Waals surface area (Å²) in [5, 5.41) is 3.63. The maximum absolute atomic E-state index is 12.9. The molecule has 1 aliphatic rings. The summed E-state index contributed by atoms with van der Waals surface area (Å²) < 4.78 is 20.8. The Kier molecular flexibility index (Phi) is 6.91. The van der Waals surface area contributed by atoms with E-state index in [1.165, 1.54) is 0 Å². The van der Waals surface area contributed by atoms with Crippen LogP contribution in [0.5, 0.6) is 0 Å². The van der Waals surface area contributed by atoms with E-state index in [1.54, 1.807) is 6.33 Å². The lowest BCUT2D eigenvalue weighted by Crippen LogP contribution is -2.46. The van der Waals surface area contributed by atoms with Crippen molar-refractivity contribution in [2.24, 2.45) is 11.8 Å². The van der Waals surface area contributed by atoms with Crippen LogP contribution < -0.4 is 0 Å². The maximum Gasteiger partial charge on any atom is 0.334 e. The van der Waals surface area contributed by atoms with Crippen LogP contribution in [-0.2, 0) is 14.8 Å². The average molecular weight is 532 g/mol. The topological polar surface area (TPSA) is 101 Å². The van der Waals surface area contributed by atoms with Gasteiger partial charge in [0, 0.05) is 0 Å². The van der Waals surface area contributed by atoms with Crippen molar-refractivity contribution in [3.05, 3.63) is 120 Å². The van der Waals surface area contributed by atoms with Gasteiger partial charge < -0.3 is 14.5 Å². The number of hydrogen-bond donors (Lipinski definition) is 2. The van der Waals surface area contributed by atoms with Crippen molar-refractivity contribution in [2.45, 2.75) is 50.6 Å². The SMILES string of the molecule is CC(C)C(C(C)C)(C1OC1c1ncn(C(c2ccccc2)(c2ccccc2)c2ccccc2)n1)P(=O)(O)O. The third-order valence-corrected chi connectivity index (χ3v) is 10.3. The van der Waals surface area contributed by atoms with Gasteiger partial charge in [-0.15, -0.1) is 0 Å². The number of aromatic nitrogens is 3. The van der Waals surface area contributed by atoms with Gasteiger partial charge in [-0.25, -0.2) is 9.67 Å². The molecule has 7 nitrogen and oxygen atoms in total. The molecule has 1 saturated heterocycles. The fourth-order valence-electron chi connectivity index (χ4n) is 6.33. The van der Waals surface area contributed by atoms with Crippen molar-refractivity contribution in [3.8, 4) is 0 Å². The molecule has 1 aromatic heterocycles. The second kappa shape index (κ2) is 9.90. The predicted molar refractivity (Wildman–Crippen MR) is 147 cm³/mol. The molecule has 2 N–H and O–H groups in total. The van der Waals surface area contributed by atoms with Gasteiger partial charge in [0.05, 0.1) is 0 Å². The first-order valence-corrected chi connectivity index (χ1v) is 14.6. The molecule has 0 spiro atoms. The molecule has 1 fully saturated rings. The smallest absolute Gasteiger partial charge is 0.334 e. The van der Waals surface area contributed by atoms with Crippen molar-refractivity contribution >= 4 is 7.60 Å². The highest BCUT2D eigenvalue weighted by atomic mass is 31.2. The number of benzene rings is 3. The standard InChI is InChI=1S/C30H34N3O4P/c1-21(2)30(22(3)4,38(34,35)36)27-26(37-27)28-31-20-33(32-28)29(23-14-8-5-9-15-23,24-16-10-6-11-17-24)25-18-12-7-13-19-25/h5-22,26-27H,1-4H3,(H2,34,35,36). The van der Waals surface area contributed by atoms with Crippen LogP contribution >= 0.6 is 7.60 Å². The van der Waals surface area contributed by atoms with E-state index in [1.807, 2.05) is 87.0 Å². The average Bonchev–Trinajstić information content (AvgIpc) is 3.52. The molecule has 0 bridgehead atoms. The number of ether oxygens (including phenoxy) is 1. The third-order valence-electron chi connectivity index (χ3n) is 7.98. The van der Waals surface area contributed by atoms with Crippen LogP contribution in [0, 0.1) is 11.8 Å². The van der Waals surface area contributed by atoms with E-state index in [0.717, 1.165) is 16.7 Å². The zero-order chi connectivity index (χ0) is 27.1. The number of epoxide rings is 1. The Labute approximate surface area is 223 Å². The fourth-order valence-corrected chi connectivity index (χ4v) is 8.20. The molecule has 0 saturated carbocycles. The zero-order valence-corrected chi connectivity index (χ0v) is 22.9. The first-order chi connectivity index (χ1) is 18.1. The molecule has 38 heavy (non-hydrogen) atoms. The Bertz CT molecular complexity index is 1310. The molecule has 5 rings (SSSR count). The Morgan fingerprint density at radius 2 is 1.21 bits per heavy atom. The van der Waals surface area contributed by atoms with Crippen molar-refractivity contribution < 1.29 is 19.1 Å². The van der Waals surface area contributed by atoms with Gasteiger partial charge in [-0.05, 0) is 28.5 Å². The van der Waals surface area contributed by atoms with Crippen molar-refractivity contribution in [2.75, 3.05) is 0 Å². The minimum absolute atomic E-state index is 0.308. The molecule has 2 heterocycles. The van der Waals surface area contributed by atoms with E-state index in [4.69, 9.17) is 9.84 Å². The highest BCUT2D eigenvalue weighted by molar-refractivity contribution is 7.53. The quantitative estimate of drug-likeness (QED) is 0.161. The van der Waals surface area contributed by atoms with E-state index in [2.05, 4.69) is 41.4 Å². The summed E-state index contributed by atoms with van der Waals surface area (Å²) in [6.45, 7) is 7.37. The third kappa shape index (κ3) is 4.05. The molecular formula is C30H34N3O4P. The van der Waals surface area contributed by atoms with Crippen LogP contribution in [0.25, 0.3) is 0 Å². The molecule has 198 valence electrons. The molecule has 1 aliphatic heterocycles. The van der Waals surface area contributed by atoms with Crippen LogP contribution in [0.3, 0.4) is 0 Å². The van der Waals surface area contributed by atoms with Crippen molar-refractivity contribution in [1.82, 2.24) is 14.8 Å². The lowest BCUT2D eigenvalue weighted by Gasteiger charge is -2.40. The number of nitrogens with zero attached hydrogens (tertiary/aromatic N) is 3. The lowest BCUT2D eigenvalue weighted by atomic mass is 9.77. The summed E-state index contributed by atoms with van der Waals surface area (Å²) in [4.78, 5) is 25.7. The summed E-state index contributed by atoms with van der Waals surface area (Å²) in [6.07, 6.45) is 0.415. The first kappa shape index (κ1) is 26.5. The Morgan fingerprint density at radius 1 is 0.789 bits per heavy atom. The molecule has 2 atom stereocenters. The Morgan fingerprint density at radius 3 is 1.58 bits per heavy atom. The summed E-state index contributed by atoms with van der Waals surface area (Å²) in [6, 6.07) is 30.5. The van der Waals surface area contributed by atoms with Gasteiger partial charge >= 0.3 is 7.60 Å². The molecule has 4 aromatic rings. The molecule has 0 amide bonds. The molecule has 0 aliphatic carbocycles. The van der Waals surface area contributed by atoms with Crippen LogP contribution in [-0.4, -0.2) is 35.8 Å². The molecule has 8 heteroatoms. The Hall–Kier alpha value is -3.09. The highest BCUT2D eigenvalue weighted by Crippen LogP contribution is 2.67. The maximum atomic E-state index is 12.9. The Balaban J connectivity index is 1.67. The number of hydrogen-bond acceptors (Lipinski definition) is 4. The van der Waals surface area contributed by atoms with E-state index < -0.39 is 30.5 Å². The van der Waals surface area contributed by atoms with Gasteiger partial charge in [-0.3, -0.25) is 4.57 Å². The highest BCUT2D eigenvalue weighted by Gasteiger charge is 2.67. The van der Waals surface area contributed by atoms with Gasteiger partial charge in [0.15, 0.2) is 5.82 Å². The minimum atomic E-state index is -4.53. The van der Waals surface area contributed by atoms with Gasteiger partial charge in [-0.1, -0.05) is 119 Å². The summed E-state index contributed by atoms with van der Waals surface area (Å²) in [5.41, 5.74) is 2.21. The van der Waals surface area contributed by atoms with Crippen LogP contribution in [0.2, 0.25) is 0 Å². The first-order valence-electron chi connectivity index (χ1n) is 12.9. The van der Waals surface area contributed by atoms with Crippen LogP contribution in [0.1, 0.15) is 56.3 Å². The minimum Gasteiger partial charge on any atom is -0.360 e. The molecule has 0 radical (unpaired) electrons. The van der Waals surface area contributed by atoms with Gasteiger partial charge in [0.25, 0.3) is 0 Å². The molecule has 3 aromatic carbocycles. The van der Waals surface area contributed by atoms with Crippen molar-refractivity contribution in [3.63, 3.8) is 0 Å². The predicted octanol–water partition coefficient (Wildman–Crippen LogP) is 5.79. The summed E-state index contributed by atoms with van der Waals surface area (Å²) in [7, 11) is -4.53. The fraction of sp³-hybridized carbons (Fsp3) is 0.333. The van der Waals surface area contributed by atoms with Gasteiger partial charge in [0.1, 0.15) is 29.2 Å².